The Labute approximate surface area is 171 Å². The van der Waals surface area contributed by atoms with E-state index in [1.54, 1.807) is 26.0 Å². The lowest BCUT2D eigenvalue weighted by atomic mass is 10.2. The van der Waals surface area contributed by atoms with Gasteiger partial charge in [0.05, 0.1) is 13.2 Å². The molecular formula is C19H19Cl2N3O4. The fourth-order valence-corrected chi connectivity index (χ4v) is 3.41. The number of hydrogen-bond donors (Lipinski definition) is 1. The molecule has 0 atom stereocenters. The Morgan fingerprint density at radius 1 is 1.32 bits per heavy atom. The number of aromatic nitrogens is 2. The Morgan fingerprint density at radius 2 is 2.07 bits per heavy atom. The molecule has 7 nitrogen and oxygen atoms in total. The van der Waals surface area contributed by atoms with Crippen LogP contribution >= 0.6 is 23.2 Å². The Morgan fingerprint density at radius 3 is 2.75 bits per heavy atom. The lowest BCUT2D eigenvalue weighted by molar-refractivity contribution is 0.0526. The second kappa shape index (κ2) is 8.34. The van der Waals surface area contributed by atoms with Crippen LogP contribution < -0.4 is 5.56 Å². The molecule has 0 radical (unpaired) electrons. The second-order valence-corrected chi connectivity index (χ2v) is 7.20. The molecule has 0 amide bonds. The molecule has 0 saturated carbocycles. The molecule has 0 saturated heterocycles. The van der Waals surface area contributed by atoms with Crippen molar-refractivity contribution in [3.8, 4) is 0 Å². The molecule has 0 bridgehead atoms. The van der Waals surface area contributed by atoms with Gasteiger partial charge in [0.1, 0.15) is 22.5 Å². The Balaban J connectivity index is 1.86. The topological polar surface area (TPSA) is 88.4 Å². The van der Waals surface area contributed by atoms with Crippen LogP contribution in [-0.4, -0.2) is 34.5 Å². The van der Waals surface area contributed by atoms with E-state index in [4.69, 9.17) is 32.4 Å². The molecule has 0 aliphatic carbocycles. The van der Waals surface area contributed by atoms with Gasteiger partial charge in [0, 0.05) is 16.6 Å². The monoisotopic (exact) mass is 423 g/mol. The quantitative estimate of drug-likeness (QED) is 0.603. The van der Waals surface area contributed by atoms with Gasteiger partial charge in [-0.3, -0.25) is 9.69 Å². The molecule has 3 aromatic rings. The lowest BCUT2D eigenvalue weighted by Gasteiger charge is -2.16. The fraction of sp³-hybridized carbons (Fsp3) is 0.316. The maximum Gasteiger partial charge on any atom is 0.342 e. The van der Waals surface area contributed by atoms with Crippen LogP contribution in [0.5, 0.6) is 0 Å². The minimum absolute atomic E-state index is 0.100. The number of H-pyrrole nitrogens is 1. The van der Waals surface area contributed by atoms with E-state index >= 15 is 0 Å². The molecule has 3 rings (SSSR count). The first-order valence-corrected chi connectivity index (χ1v) is 9.37. The summed E-state index contributed by atoms with van der Waals surface area (Å²) in [6.45, 7) is 4.37. The molecule has 0 fully saturated rings. The van der Waals surface area contributed by atoms with Crippen LogP contribution in [0.3, 0.4) is 0 Å². The number of hydrogen-bond acceptors (Lipinski definition) is 6. The number of benzene rings is 1. The molecule has 1 N–H and O–H groups in total. The molecule has 0 aliphatic rings. The number of esters is 1. The summed E-state index contributed by atoms with van der Waals surface area (Å²) in [4.78, 5) is 33.7. The first-order chi connectivity index (χ1) is 13.3. The lowest BCUT2D eigenvalue weighted by Crippen LogP contribution is -2.22. The van der Waals surface area contributed by atoms with Crippen LogP contribution in [0.25, 0.3) is 11.1 Å². The van der Waals surface area contributed by atoms with Gasteiger partial charge in [-0.05, 0) is 38.6 Å². The number of fused-ring (bicyclic) bond motifs is 1. The maximum absolute atomic E-state index is 12.6. The average molecular weight is 424 g/mol. The number of carbonyl (C=O) groups excluding carboxylic acids is 1. The number of carbonyl (C=O) groups is 1. The summed E-state index contributed by atoms with van der Waals surface area (Å²) in [6, 6.07) is 5.30. The van der Waals surface area contributed by atoms with Crippen molar-refractivity contribution in [3.63, 3.8) is 0 Å². The smallest absolute Gasteiger partial charge is 0.342 e. The number of nitrogens with zero attached hydrogens (tertiary/aromatic N) is 2. The Bertz CT molecular complexity index is 1090. The zero-order chi connectivity index (χ0) is 20.4. The van der Waals surface area contributed by atoms with E-state index in [-0.39, 0.29) is 23.3 Å². The third kappa shape index (κ3) is 4.22. The number of nitrogens with one attached hydrogen (secondary N) is 1. The van der Waals surface area contributed by atoms with E-state index in [0.717, 1.165) is 5.56 Å². The van der Waals surface area contributed by atoms with Gasteiger partial charge >= 0.3 is 5.97 Å². The number of aromatic amines is 1. The minimum Gasteiger partial charge on any atom is -0.462 e. The van der Waals surface area contributed by atoms with E-state index in [0.29, 0.717) is 34.7 Å². The van der Waals surface area contributed by atoms with Gasteiger partial charge in [-0.2, -0.15) is 4.98 Å². The summed E-state index contributed by atoms with van der Waals surface area (Å²) in [7, 11) is 1.87. The van der Waals surface area contributed by atoms with Crippen LogP contribution in [-0.2, 0) is 17.8 Å². The van der Waals surface area contributed by atoms with Crippen LogP contribution in [0, 0.1) is 6.92 Å². The van der Waals surface area contributed by atoms with Gasteiger partial charge in [0.2, 0.25) is 5.71 Å². The van der Waals surface area contributed by atoms with Crippen molar-refractivity contribution in [2.75, 3.05) is 13.7 Å². The predicted octanol–water partition coefficient (Wildman–Crippen LogP) is 3.94. The highest BCUT2D eigenvalue weighted by molar-refractivity contribution is 6.35. The van der Waals surface area contributed by atoms with Gasteiger partial charge in [-0.15, -0.1) is 0 Å². The third-order valence-electron chi connectivity index (χ3n) is 4.14. The molecule has 148 valence electrons. The third-order valence-corrected chi connectivity index (χ3v) is 4.73. The second-order valence-electron chi connectivity index (χ2n) is 6.35. The van der Waals surface area contributed by atoms with Gasteiger partial charge < -0.3 is 14.1 Å². The minimum atomic E-state index is -0.603. The standard InChI is InChI=1S/C19H19Cl2N3O4/c1-4-27-19(26)15-10(2)28-18-16(15)17(25)22-14(23-18)9-24(3)8-11-5-6-12(20)7-13(11)21/h5-7H,4,8-9H2,1-3H3,(H,22,23,25). The molecule has 28 heavy (non-hydrogen) atoms. The van der Waals surface area contributed by atoms with Crippen LogP contribution in [0.4, 0.5) is 0 Å². The highest BCUT2D eigenvalue weighted by atomic mass is 35.5. The van der Waals surface area contributed by atoms with Crippen molar-refractivity contribution in [3.05, 3.63) is 61.3 Å². The Hall–Kier alpha value is -2.35. The normalized spacial score (nSPS) is 11.4. The van der Waals surface area contributed by atoms with Crippen molar-refractivity contribution < 1.29 is 13.9 Å². The number of furan rings is 1. The van der Waals surface area contributed by atoms with Crippen molar-refractivity contribution >= 4 is 40.3 Å². The van der Waals surface area contributed by atoms with E-state index in [1.165, 1.54) is 0 Å². The van der Waals surface area contributed by atoms with Gasteiger partial charge in [0.15, 0.2) is 0 Å². The molecule has 0 unspecified atom stereocenters. The summed E-state index contributed by atoms with van der Waals surface area (Å²) in [5, 5.41) is 1.23. The zero-order valence-electron chi connectivity index (χ0n) is 15.6. The molecular weight excluding hydrogens is 405 g/mol. The van der Waals surface area contributed by atoms with E-state index in [1.807, 2.05) is 18.0 Å². The summed E-state index contributed by atoms with van der Waals surface area (Å²) >= 11 is 12.1. The summed E-state index contributed by atoms with van der Waals surface area (Å²) in [6.07, 6.45) is 0. The predicted molar refractivity (Wildman–Crippen MR) is 107 cm³/mol. The molecule has 2 aromatic heterocycles. The van der Waals surface area contributed by atoms with Crippen molar-refractivity contribution in [1.82, 2.24) is 14.9 Å². The van der Waals surface area contributed by atoms with Crippen molar-refractivity contribution in [1.29, 1.82) is 0 Å². The number of rotatable bonds is 6. The van der Waals surface area contributed by atoms with Gasteiger partial charge in [-0.1, -0.05) is 29.3 Å². The Kier molecular flexibility index (Phi) is 6.07. The molecule has 0 aliphatic heterocycles. The first-order valence-electron chi connectivity index (χ1n) is 8.62. The number of ether oxygens (including phenoxy) is 1. The zero-order valence-corrected chi connectivity index (χ0v) is 17.1. The molecule has 0 spiro atoms. The van der Waals surface area contributed by atoms with E-state index < -0.39 is 11.5 Å². The molecule has 1 aromatic carbocycles. The highest BCUT2D eigenvalue weighted by Gasteiger charge is 2.23. The van der Waals surface area contributed by atoms with Crippen molar-refractivity contribution in [2.24, 2.45) is 0 Å². The fourth-order valence-electron chi connectivity index (χ4n) is 2.94. The molecule has 2 heterocycles. The van der Waals surface area contributed by atoms with Gasteiger partial charge in [-0.25, -0.2) is 4.79 Å². The average Bonchev–Trinajstić information content (AvgIpc) is 2.94. The van der Waals surface area contributed by atoms with Crippen molar-refractivity contribution in [2.45, 2.75) is 26.9 Å². The summed E-state index contributed by atoms with van der Waals surface area (Å²) in [5.41, 5.74) is 0.670. The van der Waals surface area contributed by atoms with E-state index in [2.05, 4.69) is 9.97 Å². The van der Waals surface area contributed by atoms with Crippen LogP contribution in [0.1, 0.15) is 34.4 Å². The van der Waals surface area contributed by atoms with E-state index in [9.17, 15) is 9.59 Å². The first kappa shape index (κ1) is 20.4. The summed E-state index contributed by atoms with van der Waals surface area (Å²) in [5.74, 6) is 0.104. The number of halogens is 2. The highest BCUT2D eigenvalue weighted by Crippen LogP contribution is 2.24. The van der Waals surface area contributed by atoms with Crippen LogP contribution in [0.2, 0.25) is 10.0 Å². The summed E-state index contributed by atoms with van der Waals surface area (Å²) < 4.78 is 10.5. The largest absolute Gasteiger partial charge is 0.462 e. The van der Waals surface area contributed by atoms with Crippen LogP contribution in [0.15, 0.2) is 27.4 Å². The molecule has 9 heteroatoms. The van der Waals surface area contributed by atoms with Gasteiger partial charge in [0.25, 0.3) is 5.56 Å². The number of aryl methyl sites for hydroxylation is 1. The SMILES string of the molecule is CCOC(=O)c1c(C)oc2nc(CN(C)Cc3ccc(Cl)cc3Cl)[nH]c(=O)c12. The maximum atomic E-state index is 12.6.